The van der Waals surface area contributed by atoms with E-state index < -0.39 is 11.9 Å². The number of ether oxygens (including phenoxy) is 2. The highest BCUT2D eigenvalue weighted by molar-refractivity contribution is 7.18. The minimum absolute atomic E-state index is 0.0902. The van der Waals surface area contributed by atoms with E-state index in [1.165, 1.54) is 30.4 Å². The van der Waals surface area contributed by atoms with Gasteiger partial charge in [0.2, 0.25) is 5.95 Å². The van der Waals surface area contributed by atoms with Gasteiger partial charge in [-0.3, -0.25) is 14.6 Å². The number of carbonyl (C=O) groups is 2. The number of nitrogens with zero attached hydrogens (tertiary/aromatic N) is 2. The maximum Gasteiger partial charge on any atom is 0.354 e. The number of hydrogen-bond donors (Lipinski definition) is 2. The number of hydrogen-bond acceptors (Lipinski definition) is 9. The van der Waals surface area contributed by atoms with Crippen molar-refractivity contribution in [2.45, 2.75) is 32.1 Å². The SMILES string of the molecule is COC(=O)C/C(=N\Nc1nc2sc3c(c2c(=O)[nH]1)CCCC3)C(=O)OC. The van der Waals surface area contributed by atoms with Gasteiger partial charge in [-0.05, 0) is 31.2 Å². The van der Waals surface area contributed by atoms with Crippen LogP contribution in [-0.2, 0) is 31.9 Å². The van der Waals surface area contributed by atoms with Crippen molar-refractivity contribution in [3.05, 3.63) is 20.8 Å². The van der Waals surface area contributed by atoms with Gasteiger partial charge in [-0.25, -0.2) is 15.2 Å². The number of aryl methyl sites for hydroxylation is 2. The molecule has 0 saturated heterocycles. The molecule has 0 saturated carbocycles. The third-order valence-electron chi connectivity index (χ3n) is 4.08. The van der Waals surface area contributed by atoms with Crippen LogP contribution in [0.1, 0.15) is 29.7 Å². The van der Waals surface area contributed by atoms with Gasteiger partial charge in [0.25, 0.3) is 5.56 Å². The number of nitrogens with one attached hydrogen (secondary N) is 2. The Labute approximate surface area is 152 Å². The molecular weight excluding hydrogens is 360 g/mol. The lowest BCUT2D eigenvalue weighted by Gasteiger charge is -2.09. The van der Waals surface area contributed by atoms with Gasteiger partial charge in [-0.1, -0.05) is 0 Å². The number of hydrazone groups is 1. The Kier molecular flexibility index (Phi) is 5.31. The number of thiophene rings is 1. The van der Waals surface area contributed by atoms with E-state index >= 15 is 0 Å². The van der Waals surface area contributed by atoms with Gasteiger partial charge in [0, 0.05) is 4.88 Å². The molecular formula is C16H18N4O5S. The quantitative estimate of drug-likeness (QED) is 0.457. The number of aromatic nitrogens is 2. The summed E-state index contributed by atoms with van der Waals surface area (Å²) in [5.74, 6) is -1.33. The lowest BCUT2D eigenvalue weighted by molar-refractivity contribution is -0.140. The molecule has 10 heteroatoms. The van der Waals surface area contributed by atoms with Crippen molar-refractivity contribution in [3.63, 3.8) is 0 Å². The summed E-state index contributed by atoms with van der Waals surface area (Å²) in [7, 11) is 2.38. The minimum Gasteiger partial charge on any atom is -0.469 e. The van der Waals surface area contributed by atoms with Crippen LogP contribution in [0.2, 0.25) is 0 Å². The van der Waals surface area contributed by atoms with E-state index in [2.05, 4.69) is 30.0 Å². The molecule has 0 bridgehead atoms. The molecule has 0 aromatic carbocycles. The van der Waals surface area contributed by atoms with E-state index in [-0.39, 0.29) is 23.6 Å². The summed E-state index contributed by atoms with van der Waals surface area (Å²) in [6, 6.07) is 0. The summed E-state index contributed by atoms with van der Waals surface area (Å²) in [5.41, 5.74) is 3.17. The largest absolute Gasteiger partial charge is 0.469 e. The van der Waals surface area contributed by atoms with Gasteiger partial charge in [0.15, 0.2) is 5.71 Å². The predicted molar refractivity (Wildman–Crippen MR) is 96.6 cm³/mol. The number of esters is 2. The second-order valence-corrected chi connectivity index (χ2v) is 6.80. The van der Waals surface area contributed by atoms with Crippen LogP contribution in [0.3, 0.4) is 0 Å². The average Bonchev–Trinajstić information content (AvgIpc) is 3.02. The van der Waals surface area contributed by atoms with E-state index in [0.29, 0.717) is 10.2 Å². The molecule has 0 atom stereocenters. The summed E-state index contributed by atoms with van der Waals surface area (Å²) >= 11 is 1.50. The second kappa shape index (κ2) is 7.65. The van der Waals surface area contributed by atoms with Crippen molar-refractivity contribution < 1.29 is 19.1 Å². The predicted octanol–water partition coefficient (Wildman–Crippen LogP) is 1.37. The first-order valence-electron chi connectivity index (χ1n) is 8.05. The third kappa shape index (κ3) is 3.59. The molecule has 0 amide bonds. The smallest absolute Gasteiger partial charge is 0.354 e. The molecule has 9 nitrogen and oxygen atoms in total. The van der Waals surface area contributed by atoms with Crippen molar-refractivity contribution in [1.29, 1.82) is 0 Å². The van der Waals surface area contributed by atoms with Crippen molar-refractivity contribution >= 4 is 45.2 Å². The van der Waals surface area contributed by atoms with Crippen molar-refractivity contribution in [3.8, 4) is 0 Å². The highest BCUT2D eigenvalue weighted by Gasteiger charge is 2.20. The molecule has 2 heterocycles. The number of fused-ring (bicyclic) bond motifs is 3. The van der Waals surface area contributed by atoms with Crippen LogP contribution in [0, 0.1) is 0 Å². The summed E-state index contributed by atoms with van der Waals surface area (Å²) in [5, 5.41) is 4.47. The van der Waals surface area contributed by atoms with Crippen molar-refractivity contribution in [2.24, 2.45) is 5.10 Å². The number of rotatable bonds is 5. The Morgan fingerprint density at radius 2 is 2.04 bits per heavy atom. The van der Waals surface area contributed by atoms with Gasteiger partial charge in [-0.2, -0.15) is 5.10 Å². The fourth-order valence-corrected chi connectivity index (χ4v) is 4.08. The standard InChI is InChI=1S/C16H18N4O5S/c1-24-11(21)7-9(15(23)25-2)19-20-16-17-13(22)12-8-5-3-4-6-10(8)26-14(12)18-16/h3-7H2,1-2H3,(H2,17,18,20,22)/b19-9+. The summed E-state index contributed by atoms with van der Waals surface area (Å²) < 4.78 is 9.11. The van der Waals surface area contributed by atoms with Gasteiger partial charge in [0.1, 0.15) is 4.83 Å². The van der Waals surface area contributed by atoms with Crippen LogP contribution in [0.5, 0.6) is 0 Å². The molecule has 0 spiro atoms. The van der Waals surface area contributed by atoms with E-state index in [1.807, 2.05) is 0 Å². The molecule has 0 fully saturated rings. The second-order valence-electron chi connectivity index (χ2n) is 5.72. The van der Waals surface area contributed by atoms with Crippen LogP contribution in [0.25, 0.3) is 10.2 Å². The fourth-order valence-electron chi connectivity index (χ4n) is 2.82. The number of carbonyl (C=O) groups excluding carboxylic acids is 2. The molecule has 26 heavy (non-hydrogen) atoms. The van der Waals surface area contributed by atoms with E-state index in [1.54, 1.807) is 0 Å². The van der Waals surface area contributed by atoms with Crippen molar-refractivity contribution in [2.75, 3.05) is 19.6 Å². The zero-order valence-electron chi connectivity index (χ0n) is 14.4. The minimum atomic E-state index is -0.780. The topological polar surface area (TPSA) is 123 Å². The van der Waals surface area contributed by atoms with Gasteiger partial charge in [-0.15, -0.1) is 11.3 Å². The third-order valence-corrected chi connectivity index (χ3v) is 5.27. The summed E-state index contributed by atoms with van der Waals surface area (Å²) in [6.45, 7) is 0. The number of anilines is 1. The molecule has 0 unspecified atom stereocenters. The number of H-pyrrole nitrogens is 1. The Balaban J connectivity index is 1.91. The maximum absolute atomic E-state index is 12.4. The van der Waals surface area contributed by atoms with Crippen LogP contribution < -0.4 is 11.0 Å². The lowest BCUT2D eigenvalue weighted by Crippen LogP contribution is -2.22. The Morgan fingerprint density at radius 3 is 2.77 bits per heavy atom. The highest BCUT2D eigenvalue weighted by Crippen LogP contribution is 2.33. The van der Waals surface area contributed by atoms with E-state index in [0.717, 1.165) is 31.2 Å². The van der Waals surface area contributed by atoms with Crippen LogP contribution in [-0.4, -0.2) is 41.8 Å². The van der Waals surface area contributed by atoms with Gasteiger partial charge >= 0.3 is 11.9 Å². The average molecular weight is 378 g/mol. The van der Waals surface area contributed by atoms with Crippen LogP contribution >= 0.6 is 11.3 Å². The monoisotopic (exact) mass is 378 g/mol. The maximum atomic E-state index is 12.4. The first-order valence-corrected chi connectivity index (χ1v) is 8.87. The Morgan fingerprint density at radius 1 is 1.27 bits per heavy atom. The molecule has 0 aliphatic heterocycles. The van der Waals surface area contributed by atoms with Crippen LogP contribution in [0.4, 0.5) is 5.95 Å². The van der Waals surface area contributed by atoms with Crippen LogP contribution in [0.15, 0.2) is 9.90 Å². The van der Waals surface area contributed by atoms with E-state index in [4.69, 9.17) is 0 Å². The molecule has 0 radical (unpaired) electrons. The molecule has 2 N–H and O–H groups in total. The molecule has 2 aromatic heterocycles. The molecule has 138 valence electrons. The first-order chi connectivity index (χ1) is 12.5. The summed E-state index contributed by atoms with van der Waals surface area (Å²) in [4.78, 5) is 44.4. The van der Waals surface area contributed by atoms with Gasteiger partial charge in [0.05, 0.1) is 26.0 Å². The molecule has 2 aromatic rings. The zero-order valence-corrected chi connectivity index (χ0v) is 15.2. The van der Waals surface area contributed by atoms with Crippen molar-refractivity contribution in [1.82, 2.24) is 9.97 Å². The Bertz CT molecular complexity index is 946. The Hall–Kier alpha value is -2.75. The molecule has 1 aliphatic rings. The molecule has 1 aliphatic carbocycles. The first kappa shape index (κ1) is 18.1. The summed E-state index contributed by atoms with van der Waals surface area (Å²) in [6.07, 6.45) is 3.66. The number of aromatic amines is 1. The molecule has 3 rings (SSSR count). The zero-order chi connectivity index (χ0) is 18.7. The van der Waals surface area contributed by atoms with Gasteiger partial charge < -0.3 is 9.47 Å². The van der Waals surface area contributed by atoms with E-state index in [9.17, 15) is 14.4 Å². The lowest BCUT2D eigenvalue weighted by atomic mass is 9.97. The number of methoxy groups -OCH3 is 2. The fraction of sp³-hybridized carbons (Fsp3) is 0.438. The normalized spacial score (nSPS) is 14.0. The highest BCUT2D eigenvalue weighted by atomic mass is 32.1.